The molecule has 1 saturated carbocycles. The maximum Gasteiger partial charge on any atom is 0.224 e. The van der Waals surface area contributed by atoms with Crippen LogP contribution in [0.3, 0.4) is 0 Å². The molecule has 0 saturated heterocycles. The largest absolute Gasteiger partial charge is 0.490 e. The Morgan fingerprint density at radius 3 is 2.50 bits per heavy atom. The Morgan fingerprint density at radius 1 is 1.12 bits per heavy atom. The summed E-state index contributed by atoms with van der Waals surface area (Å²) in [6.45, 7) is 3.35. The van der Waals surface area contributed by atoms with Gasteiger partial charge in [-0.2, -0.15) is 0 Å². The van der Waals surface area contributed by atoms with Crippen LogP contribution in [0.25, 0.3) is 0 Å². The van der Waals surface area contributed by atoms with Crippen molar-refractivity contribution in [1.82, 2.24) is 16.0 Å². The van der Waals surface area contributed by atoms with Gasteiger partial charge in [-0.05, 0) is 61.1 Å². The molecule has 8 heteroatoms. The van der Waals surface area contributed by atoms with E-state index in [-0.39, 0.29) is 35.8 Å². The maximum absolute atomic E-state index is 14.3. The standard InChI is InChI=1S/C24H30F2N4O2/c1-16(19-7-10-22(21(26)14-19)32-15-18-3-4-18)30-24(27-2)29-12-11-28-23(31)13-17-5-8-20(25)9-6-17/h5-10,14,16,18H,3-4,11-13,15H2,1-2H3,(H,28,31)(H2,27,29,30). The van der Waals surface area contributed by atoms with Crippen molar-refractivity contribution in [1.29, 1.82) is 0 Å². The van der Waals surface area contributed by atoms with Crippen molar-refractivity contribution in [2.45, 2.75) is 32.2 Å². The summed E-state index contributed by atoms with van der Waals surface area (Å²) in [4.78, 5) is 16.2. The van der Waals surface area contributed by atoms with Crippen molar-refractivity contribution in [3.05, 3.63) is 65.2 Å². The molecule has 1 aliphatic carbocycles. The molecule has 1 amide bonds. The maximum atomic E-state index is 14.3. The molecule has 0 spiro atoms. The second kappa shape index (κ2) is 11.5. The lowest BCUT2D eigenvalue weighted by molar-refractivity contribution is -0.120. The fourth-order valence-electron chi connectivity index (χ4n) is 3.11. The summed E-state index contributed by atoms with van der Waals surface area (Å²) in [5, 5.41) is 9.13. The number of benzene rings is 2. The average Bonchev–Trinajstić information content (AvgIpc) is 3.61. The van der Waals surface area contributed by atoms with Gasteiger partial charge in [0.05, 0.1) is 19.1 Å². The molecule has 1 atom stereocenters. The van der Waals surface area contributed by atoms with Gasteiger partial charge in [0, 0.05) is 20.1 Å². The molecule has 1 fully saturated rings. The molecule has 2 aromatic rings. The van der Waals surface area contributed by atoms with Gasteiger partial charge in [-0.3, -0.25) is 9.79 Å². The minimum atomic E-state index is -0.372. The molecule has 2 aromatic carbocycles. The van der Waals surface area contributed by atoms with Crippen LogP contribution in [0.1, 0.15) is 36.9 Å². The average molecular weight is 445 g/mol. The molecule has 0 radical (unpaired) electrons. The fraction of sp³-hybridized carbons (Fsp3) is 0.417. The van der Waals surface area contributed by atoms with E-state index >= 15 is 0 Å². The zero-order valence-electron chi connectivity index (χ0n) is 18.5. The Bertz CT molecular complexity index is 930. The molecule has 1 aliphatic rings. The molecule has 0 aliphatic heterocycles. The van der Waals surface area contributed by atoms with E-state index in [0.717, 1.165) is 24.0 Å². The van der Waals surface area contributed by atoms with Gasteiger partial charge in [-0.25, -0.2) is 8.78 Å². The highest BCUT2D eigenvalue weighted by Crippen LogP contribution is 2.30. The van der Waals surface area contributed by atoms with E-state index in [4.69, 9.17) is 4.74 Å². The number of halogens is 2. The molecule has 6 nitrogen and oxygen atoms in total. The summed E-state index contributed by atoms with van der Waals surface area (Å²) in [5.41, 5.74) is 1.52. The number of amides is 1. The number of carbonyl (C=O) groups excluding carboxylic acids is 1. The molecule has 0 aromatic heterocycles. The predicted molar refractivity (Wildman–Crippen MR) is 121 cm³/mol. The number of ether oxygens (including phenoxy) is 1. The van der Waals surface area contributed by atoms with Crippen LogP contribution in [0, 0.1) is 17.6 Å². The van der Waals surface area contributed by atoms with Crippen LogP contribution in [0.2, 0.25) is 0 Å². The third kappa shape index (κ3) is 7.51. The summed E-state index contributed by atoms with van der Waals surface area (Å²) >= 11 is 0. The van der Waals surface area contributed by atoms with E-state index in [2.05, 4.69) is 20.9 Å². The normalized spacial score (nSPS) is 14.6. The van der Waals surface area contributed by atoms with Crippen molar-refractivity contribution >= 4 is 11.9 Å². The van der Waals surface area contributed by atoms with Crippen LogP contribution in [0.15, 0.2) is 47.5 Å². The quantitative estimate of drug-likeness (QED) is 0.299. The summed E-state index contributed by atoms with van der Waals surface area (Å²) < 4.78 is 32.8. The van der Waals surface area contributed by atoms with Gasteiger partial charge in [0.25, 0.3) is 0 Å². The third-order valence-corrected chi connectivity index (χ3v) is 5.22. The highest BCUT2D eigenvalue weighted by Gasteiger charge is 2.22. The van der Waals surface area contributed by atoms with Gasteiger partial charge in [-0.1, -0.05) is 18.2 Å². The summed E-state index contributed by atoms with van der Waals surface area (Å²) in [7, 11) is 1.64. The van der Waals surface area contributed by atoms with E-state index in [0.29, 0.717) is 31.6 Å². The zero-order valence-corrected chi connectivity index (χ0v) is 18.5. The summed E-state index contributed by atoms with van der Waals surface area (Å²) in [5.74, 6) is 0.549. The van der Waals surface area contributed by atoms with E-state index in [1.807, 2.05) is 13.0 Å². The number of aliphatic imine (C=N–C) groups is 1. The van der Waals surface area contributed by atoms with Gasteiger partial charge in [-0.15, -0.1) is 0 Å². The smallest absolute Gasteiger partial charge is 0.224 e. The first kappa shape index (κ1) is 23.5. The van der Waals surface area contributed by atoms with Gasteiger partial charge < -0.3 is 20.7 Å². The second-order valence-corrected chi connectivity index (χ2v) is 7.96. The van der Waals surface area contributed by atoms with Crippen LogP contribution >= 0.6 is 0 Å². The molecule has 3 rings (SSSR count). The highest BCUT2D eigenvalue weighted by molar-refractivity contribution is 5.80. The number of hydrogen-bond acceptors (Lipinski definition) is 3. The van der Waals surface area contributed by atoms with Gasteiger partial charge >= 0.3 is 0 Å². The number of hydrogen-bond donors (Lipinski definition) is 3. The number of nitrogens with one attached hydrogen (secondary N) is 3. The third-order valence-electron chi connectivity index (χ3n) is 5.22. The minimum absolute atomic E-state index is 0.144. The Hall–Kier alpha value is -3.16. The van der Waals surface area contributed by atoms with Crippen molar-refractivity contribution in [2.75, 3.05) is 26.7 Å². The van der Waals surface area contributed by atoms with E-state index < -0.39 is 0 Å². The van der Waals surface area contributed by atoms with E-state index in [9.17, 15) is 13.6 Å². The lowest BCUT2D eigenvalue weighted by atomic mass is 10.1. The predicted octanol–water partition coefficient (Wildman–Crippen LogP) is 3.34. The Morgan fingerprint density at radius 2 is 1.84 bits per heavy atom. The fourth-order valence-corrected chi connectivity index (χ4v) is 3.11. The van der Waals surface area contributed by atoms with Crippen LogP contribution in [0.5, 0.6) is 5.75 Å². The monoisotopic (exact) mass is 444 g/mol. The van der Waals surface area contributed by atoms with Crippen LogP contribution in [0.4, 0.5) is 8.78 Å². The van der Waals surface area contributed by atoms with E-state index in [1.54, 1.807) is 25.2 Å². The minimum Gasteiger partial charge on any atom is -0.490 e. The molecular formula is C24H30F2N4O2. The topological polar surface area (TPSA) is 74.8 Å². The number of nitrogens with zero attached hydrogens (tertiary/aromatic N) is 1. The highest BCUT2D eigenvalue weighted by atomic mass is 19.1. The summed E-state index contributed by atoms with van der Waals surface area (Å²) in [6, 6.07) is 10.7. The Labute approximate surface area is 187 Å². The van der Waals surface area contributed by atoms with Crippen LogP contribution < -0.4 is 20.7 Å². The van der Waals surface area contributed by atoms with Gasteiger partial charge in [0.2, 0.25) is 5.91 Å². The van der Waals surface area contributed by atoms with Gasteiger partial charge in [0.15, 0.2) is 17.5 Å². The first-order chi connectivity index (χ1) is 15.4. The Kier molecular flexibility index (Phi) is 8.41. The first-order valence-corrected chi connectivity index (χ1v) is 10.8. The number of carbonyl (C=O) groups is 1. The van der Waals surface area contributed by atoms with Crippen LogP contribution in [-0.2, 0) is 11.2 Å². The van der Waals surface area contributed by atoms with E-state index in [1.165, 1.54) is 18.2 Å². The first-order valence-electron chi connectivity index (χ1n) is 10.8. The zero-order chi connectivity index (χ0) is 22.9. The summed E-state index contributed by atoms with van der Waals surface area (Å²) in [6.07, 6.45) is 2.51. The lowest BCUT2D eigenvalue weighted by Gasteiger charge is -2.19. The SMILES string of the molecule is CN=C(NCCNC(=O)Cc1ccc(F)cc1)NC(C)c1ccc(OCC2CC2)c(F)c1. The molecule has 0 heterocycles. The second-order valence-electron chi connectivity index (χ2n) is 7.96. The van der Waals surface area contributed by atoms with Crippen molar-refractivity contribution in [3.63, 3.8) is 0 Å². The van der Waals surface area contributed by atoms with Crippen molar-refractivity contribution < 1.29 is 18.3 Å². The van der Waals surface area contributed by atoms with Crippen LogP contribution in [-0.4, -0.2) is 38.6 Å². The molecule has 3 N–H and O–H groups in total. The van der Waals surface area contributed by atoms with Crippen molar-refractivity contribution in [2.24, 2.45) is 10.9 Å². The Balaban J connectivity index is 1.39. The molecule has 32 heavy (non-hydrogen) atoms. The number of rotatable bonds is 10. The lowest BCUT2D eigenvalue weighted by Crippen LogP contribution is -2.42. The molecule has 0 bridgehead atoms. The molecular weight excluding hydrogens is 414 g/mol. The number of guanidine groups is 1. The molecule has 172 valence electrons. The van der Waals surface area contributed by atoms with Gasteiger partial charge in [0.1, 0.15) is 5.82 Å². The molecule has 1 unspecified atom stereocenters. The van der Waals surface area contributed by atoms with Crippen molar-refractivity contribution in [3.8, 4) is 5.75 Å².